The molecule has 0 N–H and O–H groups in total. The first kappa shape index (κ1) is 9.62. The summed E-state index contributed by atoms with van der Waals surface area (Å²) >= 11 is 5.33. The van der Waals surface area contributed by atoms with Gasteiger partial charge in [-0.1, -0.05) is 30.4 Å². The zero-order valence-corrected chi connectivity index (χ0v) is 8.96. The van der Waals surface area contributed by atoms with E-state index >= 15 is 0 Å². The van der Waals surface area contributed by atoms with Gasteiger partial charge in [0.1, 0.15) is 11.1 Å². The predicted molar refractivity (Wildman–Crippen MR) is 61.8 cm³/mol. The van der Waals surface area contributed by atoms with Crippen molar-refractivity contribution in [1.82, 2.24) is 0 Å². The molecule has 1 atom stereocenters. The molecule has 0 amide bonds. The van der Waals surface area contributed by atoms with E-state index in [1.165, 1.54) is 0 Å². The van der Waals surface area contributed by atoms with Gasteiger partial charge in [0, 0.05) is 12.2 Å². The van der Waals surface area contributed by atoms with E-state index in [4.69, 9.17) is 17.0 Å². The van der Waals surface area contributed by atoms with Crippen molar-refractivity contribution in [2.24, 2.45) is 0 Å². The van der Waals surface area contributed by atoms with Crippen LogP contribution in [0.3, 0.4) is 0 Å². The van der Waals surface area contributed by atoms with Crippen molar-refractivity contribution in [3.63, 3.8) is 0 Å². The highest BCUT2D eigenvalue weighted by molar-refractivity contribution is 7.80. The standard InChI is InChI=1S/C11H13NOS/c1-9-11(14)12(7-8-13-9)10-5-3-2-4-6-10/h2-6,9H,7-8H2,1H3. The highest BCUT2D eigenvalue weighted by Crippen LogP contribution is 2.18. The van der Waals surface area contributed by atoms with Gasteiger partial charge < -0.3 is 9.64 Å². The zero-order valence-electron chi connectivity index (χ0n) is 8.14. The lowest BCUT2D eigenvalue weighted by molar-refractivity contribution is 0.105. The average Bonchev–Trinajstić information content (AvgIpc) is 2.23. The van der Waals surface area contributed by atoms with Crippen LogP contribution in [0.2, 0.25) is 0 Å². The summed E-state index contributed by atoms with van der Waals surface area (Å²) in [4.78, 5) is 3.02. The molecule has 1 aromatic rings. The van der Waals surface area contributed by atoms with Gasteiger partial charge in [-0.3, -0.25) is 0 Å². The molecule has 2 rings (SSSR count). The lowest BCUT2D eigenvalue weighted by atomic mass is 10.2. The molecule has 1 aromatic carbocycles. The third-order valence-electron chi connectivity index (χ3n) is 2.36. The zero-order chi connectivity index (χ0) is 9.97. The van der Waals surface area contributed by atoms with Gasteiger partial charge in [-0.05, 0) is 19.1 Å². The molecule has 0 saturated carbocycles. The predicted octanol–water partition coefficient (Wildman–Crippen LogP) is 2.24. The average molecular weight is 207 g/mol. The van der Waals surface area contributed by atoms with Crippen LogP contribution < -0.4 is 4.90 Å². The van der Waals surface area contributed by atoms with Crippen molar-refractivity contribution in [3.05, 3.63) is 30.3 Å². The second-order valence-electron chi connectivity index (χ2n) is 3.34. The summed E-state index contributed by atoms with van der Waals surface area (Å²) in [6, 6.07) is 10.2. The van der Waals surface area contributed by atoms with Crippen LogP contribution in [-0.2, 0) is 4.74 Å². The van der Waals surface area contributed by atoms with Crippen molar-refractivity contribution in [3.8, 4) is 0 Å². The Balaban J connectivity index is 2.22. The molecule has 1 unspecified atom stereocenters. The Kier molecular flexibility index (Phi) is 2.79. The monoisotopic (exact) mass is 207 g/mol. The molecule has 1 heterocycles. The minimum atomic E-state index is 0.0546. The maximum Gasteiger partial charge on any atom is 0.111 e. The van der Waals surface area contributed by atoms with E-state index < -0.39 is 0 Å². The summed E-state index contributed by atoms with van der Waals surface area (Å²) in [6.07, 6.45) is 0.0546. The highest BCUT2D eigenvalue weighted by atomic mass is 32.1. The smallest absolute Gasteiger partial charge is 0.111 e. The second kappa shape index (κ2) is 4.07. The van der Waals surface area contributed by atoms with Crippen molar-refractivity contribution >= 4 is 22.9 Å². The van der Waals surface area contributed by atoms with Crippen molar-refractivity contribution < 1.29 is 4.74 Å². The number of ether oxygens (including phenoxy) is 1. The first-order valence-corrected chi connectivity index (χ1v) is 5.18. The molecule has 0 radical (unpaired) electrons. The quantitative estimate of drug-likeness (QED) is 0.655. The van der Waals surface area contributed by atoms with E-state index in [2.05, 4.69) is 17.0 Å². The number of thiocarbonyl (C=S) groups is 1. The van der Waals surface area contributed by atoms with E-state index in [1.54, 1.807) is 0 Å². The number of hydrogen-bond acceptors (Lipinski definition) is 2. The molecule has 1 aliphatic rings. The van der Waals surface area contributed by atoms with Gasteiger partial charge in [0.05, 0.1) is 6.61 Å². The molecule has 0 bridgehead atoms. The van der Waals surface area contributed by atoms with E-state index in [1.807, 2.05) is 25.1 Å². The number of hydrogen-bond donors (Lipinski definition) is 0. The fourth-order valence-corrected chi connectivity index (χ4v) is 1.85. The number of morpholine rings is 1. The highest BCUT2D eigenvalue weighted by Gasteiger charge is 2.22. The normalized spacial score (nSPS) is 22.5. The Hall–Kier alpha value is -0.930. The fraction of sp³-hybridized carbons (Fsp3) is 0.364. The maximum absolute atomic E-state index is 5.46. The maximum atomic E-state index is 5.46. The molecule has 1 aliphatic heterocycles. The molecule has 74 valence electrons. The summed E-state index contributed by atoms with van der Waals surface area (Å²) in [5.74, 6) is 0. The number of nitrogens with zero attached hydrogens (tertiary/aromatic N) is 1. The minimum absolute atomic E-state index is 0.0546. The molecule has 0 aliphatic carbocycles. The minimum Gasteiger partial charge on any atom is -0.370 e. The Bertz CT molecular complexity index is 325. The van der Waals surface area contributed by atoms with Crippen LogP contribution in [0.4, 0.5) is 5.69 Å². The van der Waals surface area contributed by atoms with Crippen LogP contribution in [0, 0.1) is 0 Å². The van der Waals surface area contributed by atoms with Crippen molar-refractivity contribution in [1.29, 1.82) is 0 Å². The van der Waals surface area contributed by atoms with Crippen LogP contribution in [0.1, 0.15) is 6.92 Å². The largest absolute Gasteiger partial charge is 0.370 e. The molecule has 0 spiro atoms. The molecule has 2 nitrogen and oxygen atoms in total. The van der Waals surface area contributed by atoms with Crippen LogP contribution in [-0.4, -0.2) is 24.2 Å². The van der Waals surface area contributed by atoms with Crippen LogP contribution in [0.15, 0.2) is 30.3 Å². The van der Waals surface area contributed by atoms with E-state index in [0.717, 1.165) is 23.8 Å². The Morgan fingerprint density at radius 1 is 1.36 bits per heavy atom. The summed E-state index contributed by atoms with van der Waals surface area (Å²) in [5, 5.41) is 0. The number of para-hydroxylation sites is 1. The summed E-state index contributed by atoms with van der Waals surface area (Å²) in [7, 11) is 0. The number of benzene rings is 1. The molecule has 1 fully saturated rings. The van der Waals surface area contributed by atoms with Gasteiger partial charge in [-0.15, -0.1) is 0 Å². The first-order valence-electron chi connectivity index (χ1n) is 4.77. The summed E-state index contributed by atoms with van der Waals surface area (Å²) in [6.45, 7) is 3.60. The van der Waals surface area contributed by atoms with Crippen molar-refractivity contribution in [2.45, 2.75) is 13.0 Å². The molecule has 0 aromatic heterocycles. The Labute approximate surface area is 89.5 Å². The van der Waals surface area contributed by atoms with Crippen LogP contribution in [0.25, 0.3) is 0 Å². The first-order chi connectivity index (χ1) is 6.79. The molecule has 1 saturated heterocycles. The second-order valence-corrected chi connectivity index (χ2v) is 3.76. The number of rotatable bonds is 1. The van der Waals surface area contributed by atoms with Gasteiger partial charge in [-0.25, -0.2) is 0 Å². The van der Waals surface area contributed by atoms with Gasteiger partial charge in [-0.2, -0.15) is 0 Å². The molecular formula is C11H13NOS. The Morgan fingerprint density at radius 2 is 2.07 bits per heavy atom. The lowest BCUT2D eigenvalue weighted by Gasteiger charge is -2.33. The molecule has 3 heteroatoms. The van der Waals surface area contributed by atoms with E-state index in [-0.39, 0.29) is 6.10 Å². The third-order valence-corrected chi connectivity index (χ3v) is 2.92. The SMILES string of the molecule is CC1OCCN(c2ccccc2)C1=S. The number of anilines is 1. The van der Waals surface area contributed by atoms with E-state index in [0.29, 0.717) is 0 Å². The van der Waals surface area contributed by atoms with Gasteiger partial charge >= 0.3 is 0 Å². The Morgan fingerprint density at radius 3 is 2.79 bits per heavy atom. The fourth-order valence-electron chi connectivity index (χ4n) is 1.59. The topological polar surface area (TPSA) is 12.5 Å². The van der Waals surface area contributed by atoms with Crippen molar-refractivity contribution in [2.75, 3.05) is 18.1 Å². The van der Waals surface area contributed by atoms with E-state index in [9.17, 15) is 0 Å². The third kappa shape index (κ3) is 1.79. The van der Waals surface area contributed by atoms with Gasteiger partial charge in [0.2, 0.25) is 0 Å². The summed E-state index contributed by atoms with van der Waals surface area (Å²) in [5.41, 5.74) is 1.16. The van der Waals surface area contributed by atoms with Crippen LogP contribution in [0.5, 0.6) is 0 Å². The van der Waals surface area contributed by atoms with Crippen LogP contribution >= 0.6 is 12.2 Å². The van der Waals surface area contributed by atoms with Gasteiger partial charge in [0.15, 0.2) is 0 Å². The molecule has 14 heavy (non-hydrogen) atoms. The summed E-state index contributed by atoms with van der Waals surface area (Å²) < 4.78 is 5.46. The lowest BCUT2D eigenvalue weighted by Crippen LogP contribution is -2.45. The van der Waals surface area contributed by atoms with Gasteiger partial charge in [0.25, 0.3) is 0 Å². The molecular weight excluding hydrogens is 194 g/mol.